The number of aryl methyl sites for hydroxylation is 1. The first-order chi connectivity index (χ1) is 7.84. The molecule has 1 N–H and O–H groups in total. The van der Waals surface area contributed by atoms with E-state index in [1.807, 2.05) is 13.8 Å². The molecule has 0 spiro atoms. The van der Waals surface area contributed by atoms with Gasteiger partial charge in [0.1, 0.15) is 5.82 Å². The van der Waals surface area contributed by atoms with Crippen LogP contribution < -0.4 is 5.32 Å². The topological polar surface area (TPSA) is 29.9 Å². The summed E-state index contributed by atoms with van der Waals surface area (Å²) in [5.41, 5.74) is 1.56. The summed E-state index contributed by atoms with van der Waals surface area (Å²) >= 11 is 0. The second kappa shape index (κ2) is 3.92. The summed E-state index contributed by atoms with van der Waals surface area (Å²) < 4.78 is 40.0. The maximum Gasteiger partial charge on any atom is 0.410 e. The Morgan fingerprint density at radius 3 is 2.65 bits per heavy atom. The van der Waals surface area contributed by atoms with Crippen molar-refractivity contribution in [2.45, 2.75) is 51.9 Å². The minimum atomic E-state index is -4.24. The van der Waals surface area contributed by atoms with Gasteiger partial charge in [0.05, 0.1) is 5.69 Å². The van der Waals surface area contributed by atoms with Crippen molar-refractivity contribution in [2.24, 2.45) is 0 Å². The molecule has 1 aromatic heterocycles. The van der Waals surface area contributed by atoms with E-state index in [0.717, 1.165) is 15.9 Å². The molecule has 0 saturated heterocycles. The lowest BCUT2D eigenvalue weighted by atomic mass is 10.0. The van der Waals surface area contributed by atoms with Crippen molar-refractivity contribution in [1.82, 2.24) is 9.78 Å². The molecule has 2 unspecified atom stereocenters. The Morgan fingerprint density at radius 2 is 2.12 bits per heavy atom. The molecular weight excluding hydrogens is 231 g/mol. The number of alkyl halides is 3. The highest BCUT2D eigenvalue weighted by atomic mass is 19.4. The van der Waals surface area contributed by atoms with Crippen LogP contribution in [0.1, 0.15) is 37.6 Å². The fourth-order valence-corrected chi connectivity index (χ4v) is 2.30. The number of nitrogens with one attached hydrogen (secondary N) is 1. The third-order valence-electron chi connectivity index (χ3n) is 3.21. The summed E-state index contributed by atoms with van der Waals surface area (Å²) in [7, 11) is 0. The first-order valence-corrected chi connectivity index (χ1v) is 5.75. The van der Waals surface area contributed by atoms with Crippen LogP contribution in [0.5, 0.6) is 0 Å². The van der Waals surface area contributed by atoms with Gasteiger partial charge in [-0.25, -0.2) is 4.68 Å². The molecule has 1 aromatic rings. The molecule has 0 aromatic carbocycles. The third-order valence-corrected chi connectivity index (χ3v) is 3.21. The van der Waals surface area contributed by atoms with Gasteiger partial charge in [-0.2, -0.15) is 18.3 Å². The monoisotopic (exact) mass is 247 g/mol. The van der Waals surface area contributed by atoms with Crippen LogP contribution in [0.15, 0.2) is 0 Å². The molecule has 2 atom stereocenters. The number of nitrogens with zero attached hydrogens (tertiary/aromatic N) is 2. The molecule has 0 radical (unpaired) electrons. The first kappa shape index (κ1) is 12.3. The normalized spacial score (nSPS) is 24.4. The second-order valence-electron chi connectivity index (χ2n) is 4.56. The van der Waals surface area contributed by atoms with Crippen molar-refractivity contribution in [3.8, 4) is 0 Å². The van der Waals surface area contributed by atoms with Crippen molar-refractivity contribution in [3.05, 3.63) is 11.3 Å². The van der Waals surface area contributed by atoms with Crippen molar-refractivity contribution >= 4 is 5.82 Å². The zero-order chi connectivity index (χ0) is 12.8. The Hall–Kier alpha value is -1.20. The summed E-state index contributed by atoms with van der Waals surface area (Å²) in [6, 6.07) is -1.69. The summed E-state index contributed by atoms with van der Waals surface area (Å²) in [5.74, 6) is 0.517. The van der Waals surface area contributed by atoms with Gasteiger partial charge in [-0.15, -0.1) is 0 Å². The van der Waals surface area contributed by atoms with E-state index in [4.69, 9.17) is 0 Å². The van der Waals surface area contributed by atoms with Crippen molar-refractivity contribution in [1.29, 1.82) is 0 Å². The molecule has 6 heteroatoms. The molecule has 1 aliphatic heterocycles. The molecule has 1 aliphatic rings. The first-order valence-electron chi connectivity index (χ1n) is 5.75. The lowest BCUT2D eigenvalue weighted by Gasteiger charge is -2.31. The van der Waals surface area contributed by atoms with E-state index >= 15 is 0 Å². The molecule has 2 rings (SSSR count). The summed E-state index contributed by atoms with van der Waals surface area (Å²) in [6.45, 7) is 5.48. The molecule has 0 fully saturated rings. The van der Waals surface area contributed by atoms with Gasteiger partial charge in [-0.1, -0.05) is 6.92 Å². The quantitative estimate of drug-likeness (QED) is 0.826. The van der Waals surface area contributed by atoms with E-state index in [9.17, 15) is 13.2 Å². The molecule has 17 heavy (non-hydrogen) atoms. The van der Waals surface area contributed by atoms with Crippen LogP contribution in [0.3, 0.4) is 0 Å². The maximum atomic E-state index is 12.9. The van der Waals surface area contributed by atoms with Gasteiger partial charge < -0.3 is 5.32 Å². The predicted molar refractivity (Wildman–Crippen MR) is 59.1 cm³/mol. The van der Waals surface area contributed by atoms with Gasteiger partial charge in [-0.05, 0) is 26.7 Å². The second-order valence-corrected chi connectivity index (χ2v) is 4.56. The van der Waals surface area contributed by atoms with Gasteiger partial charge in [0.2, 0.25) is 0 Å². The molecule has 96 valence electrons. The number of hydrogen-bond donors (Lipinski definition) is 1. The van der Waals surface area contributed by atoms with Crippen molar-refractivity contribution in [2.75, 3.05) is 5.32 Å². The van der Waals surface area contributed by atoms with Crippen LogP contribution in [0, 0.1) is 6.92 Å². The Morgan fingerprint density at radius 1 is 1.47 bits per heavy atom. The van der Waals surface area contributed by atoms with Crippen LogP contribution in [-0.4, -0.2) is 22.0 Å². The third kappa shape index (κ3) is 2.00. The maximum absolute atomic E-state index is 12.9. The summed E-state index contributed by atoms with van der Waals surface area (Å²) in [6.07, 6.45) is -3.57. The number of rotatable bonds is 1. The highest BCUT2D eigenvalue weighted by Crippen LogP contribution is 2.40. The number of aromatic nitrogens is 2. The van der Waals surface area contributed by atoms with Gasteiger partial charge in [0, 0.05) is 11.6 Å². The molecule has 2 heterocycles. The molecular formula is C11H16F3N3. The summed E-state index contributed by atoms with van der Waals surface area (Å²) in [4.78, 5) is 0. The fourth-order valence-electron chi connectivity index (χ4n) is 2.30. The standard InChI is InChI=1S/C11H16F3N3/c1-4-8-7(3)10-15-6(2)5-9(11(12,13)14)17(10)16-8/h6,9,15H,4-5H2,1-3H3. The van der Waals surface area contributed by atoms with Crippen LogP contribution in [0.4, 0.5) is 19.0 Å². The Balaban J connectivity index is 2.50. The van der Waals surface area contributed by atoms with Gasteiger partial charge in [0.15, 0.2) is 6.04 Å². The van der Waals surface area contributed by atoms with E-state index in [2.05, 4.69) is 10.4 Å². The van der Waals surface area contributed by atoms with E-state index < -0.39 is 12.2 Å². The zero-order valence-electron chi connectivity index (χ0n) is 10.1. The highest BCUT2D eigenvalue weighted by Gasteiger charge is 2.45. The molecule has 0 aliphatic carbocycles. The number of fused-ring (bicyclic) bond motifs is 1. The number of hydrogen-bond acceptors (Lipinski definition) is 2. The molecule has 0 bridgehead atoms. The smallest absolute Gasteiger partial charge is 0.367 e. The van der Waals surface area contributed by atoms with E-state index in [0.29, 0.717) is 12.2 Å². The number of anilines is 1. The highest BCUT2D eigenvalue weighted by molar-refractivity contribution is 5.49. The Kier molecular flexibility index (Phi) is 2.83. The lowest BCUT2D eigenvalue weighted by Crippen LogP contribution is -2.38. The van der Waals surface area contributed by atoms with E-state index in [-0.39, 0.29) is 12.5 Å². The van der Waals surface area contributed by atoms with Crippen LogP contribution in [-0.2, 0) is 6.42 Å². The SMILES string of the molecule is CCc1nn2c(c1C)NC(C)CC2C(F)(F)F. The average molecular weight is 247 g/mol. The minimum absolute atomic E-state index is 0.0285. The number of halogens is 3. The van der Waals surface area contributed by atoms with E-state index in [1.165, 1.54) is 0 Å². The molecule has 3 nitrogen and oxygen atoms in total. The van der Waals surface area contributed by atoms with Gasteiger partial charge in [0.25, 0.3) is 0 Å². The zero-order valence-corrected chi connectivity index (χ0v) is 10.1. The Labute approximate surface area is 98.0 Å². The largest absolute Gasteiger partial charge is 0.410 e. The minimum Gasteiger partial charge on any atom is -0.367 e. The molecule has 0 saturated carbocycles. The molecule has 0 amide bonds. The Bertz CT molecular complexity index is 422. The summed E-state index contributed by atoms with van der Waals surface area (Å²) in [5, 5.41) is 7.17. The average Bonchev–Trinajstić information content (AvgIpc) is 2.54. The van der Waals surface area contributed by atoms with E-state index in [1.54, 1.807) is 6.92 Å². The van der Waals surface area contributed by atoms with Gasteiger partial charge >= 0.3 is 6.18 Å². The fraction of sp³-hybridized carbons (Fsp3) is 0.727. The van der Waals surface area contributed by atoms with Crippen molar-refractivity contribution < 1.29 is 13.2 Å². The van der Waals surface area contributed by atoms with Crippen LogP contribution in [0.2, 0.25) is 0 Å². The predicted octanol–water partition coefficient (Wildman–Crippen LogP) is 3.06. The van der Waals surface area contributed by atoms with Crippen molar-refractivity contribution in [3.63, 3.8) is 0 Å². The van der Waals surface area contributed by atoms with Crippen LogP contribution in [0.25, 0.3) is 0 Å². The van der Waals surface area contributed by atoms with Gasteiger partial charge in [-0.3, -0.25) is 0 Å². The lowest BCUT2D eigenvalue weighted by molar-refractivity contribution is -0.173. The van der Waals surface area contributed by atoms with Crippen LogP contribution >= 0.6 is 0 Å².